The van der Waals surface area contributed by atoms with Crippen molar-refractivity contribution in [3.63, 3.8) is 0 Å². The number of amides is 1. The van der Waals surface area contributed by atoms with E-state index in [1.54, 1.807) is 7.11 Å². The van der Waals surface area contributed by atoms with Gasteiger partial charge < -0.3 is 15.0 Å². The second-order valence-corrected chi connectivity index (χ2v) is 6.74. The third-order valence-corrected chi connectivity index (χ3v) is 4.73. The first kappa shape index (κ1) is 17.9. The quantitative estimate of drug-likeness (QED) is 0.683. The zero-order chi connectivity index (χ0) is 18.4. The van der Waals surface area contributed by atoms with E-state index in [2.05, 4.69) is 22.4 Å². The zero-order valence-electron chi connectivity index (χ0n) is 14.8. The van der Waals surface area contributed by atoms with Gasteiger partial charge in [-0.3, -0.25) is 4.79 Å². The number of benzene rings is 2. The number of carbonyl (C=O) groups is 1. The Morgan fingerprint density at radius 2 is 1.88 bits per heavy atom. The van der Waals surface area contributed by atoms with Crippen LogP contribution in [0.2, 0.25) is 0 Å². The number of aryl methyl sites for hydroxylation is 1. The summed E-state index contributed by atoms with van der Waals surface area (Å²) in [7, 11) is 1.64. The van der Waals surface area contributed by atoms with Crippen LogP contribution in [0.3, 0.4) is 0 Å². The molecule has 134 valence electrons. The maximum atomic E-state index is 12.5. The zero-order valence-corrected chi connectivity index (χ0v) is 15.6. The van der Waals surface area contributed by atoms with Crippen molar-refractivity contribution in [3.8, 4) is 5.75 Å². The molecule has 5 nitrogen and oxygen atoms in total. The molecule has 1 amide bonds. The van der Waals surface area contributed by atoms with Crippen LogP contribution >= 0.6 is 11.3 Å². The number of carbonyl (C=O) groups excluding carboxylic acids is 1. The molecule has 0 radical (unpaired) electrons. The Hall–Kier alpha value is -2.86. The minimum absolute atomic E-state index is 0.0916. The normalized spacial score (nSPS) is 10.4. The lowest BCUT2D eigenvalue weighted by Gasteiger charge is -2.24. The lowest BCUT2D eigenvalue weighted by atomic mass is 10.2. The standard InChI is InChI=1S/C20H21N3O2S/c1-15-14-26-20(21-15)22-19(24)13-23(12-16-6-4-3-5-7-16)17-8-10-18(25-2)11-9-17/h3-11,14H,12-13H2,1-2H3,(H,21,22,24). The number of nitrogens with one attached hydrogen (secondary N) is 1. The molecule has 0 unspecified atom stereocenters. The van der Waals surface area contributed by atoms with Crippen molar-refractivity contribution in [3.05, 3.63) is 71.2 Å². The van der Waals surface area contributed by atoms with Crippen molar-refractivity contribution in [2.75, 3.05) is 23.9 Å². The molecule has 0 saturated carbocycles. The van der Waals surface area contributed by atoms with Gasteiger partial charge in [-0.25, -0.2) is 4.98 Å². The fraction of sp³-hybridized carbons (Fsp3) is 0.200. The highest BCUT2D eigenvalue weighted by Crippen LogP contribution is 2.21. The van der Waals surface area contributed by atoms with E-state index >= 15 is 0 Å². The minimum Gasteiger partial charge on any atom is -0.497 e. The second kappa shape index (κ2) is 8.49. The van der Waals surface area contributed by atoms with Gasteiger partial charge in [0.25, 0.3) is 0 Å². The monoisotopic (exact) mass is 367 g/mol. The van der Waals surface area contributed by atoms with Crippen molar-refractivity contribution < 1.29 is 9.53 Å². The number of nitrogens with zero attached hydrogens (tertiary/aromatic N) is 2. The Morgan fingerprint density at radius 1 is 1.15 bits per heavy atom. The first-order valence-corrected chi connectivity index (χ1v) is 9.17. The number of rotatable bonds is 7. The van der Waals surface area contributed by atoms with Crippen LogP contribution in [0.25, 0.3) is 0 Å². The Bertz CT molecular complexity index is 847. The molecule has 1 N–H and O–H groups in total. The van der Waals surface area contributed by atoms with Crippen LogP contribution in [0.1, 0.15) is 11.3 Å². The molecule has 0 aliphatic carbocycles. The summed E-state index contributed by atoms with van der Waals surface area (Å²) in [5.74, 6) is 0.697. The maximum absolute atomic E-state index is 12.5. The number of aromatic nitrogens is 1. The number of anilines is 2. The molecule has 0 atom stereocenters. The number of methoxy groups -OCH3 is 1. The predicted molar refractivity (Wildman–Crippen MR) is 106 cm³/mol. The summed E-state index contributed by atoms with van der Waals surface area (Å²) in [5.41, 5.74) is 3.00. The molecule has 0 aliphatic heterocycles. The largest absolute Gasteiger partial charge is 0.497 e. The smallest absolute Gasteiger partial charge is 0.245 e. The van der Waals surface area contributed by atoms with E-state index < -0.39 is 0 Å². The summed E-state index contributed by atoms with van der Waals surface area (Å²) in [6.07, 6.45) is 0. The first-order chi connectivity index (χ1) is 12.6. The first-order valence-electron chi connectivity index (χ1n) is 8.29. The van der Waals surface area contributed by atoms with E-state index in [0.29, 0.717) is 11.7 Å². The van der Waals surface area contributed by atoms with Crippen molar-refractivity contribution in [2.45, 2.75) is 13.5 Å². The summed E-state index contributed by atoms with van der Waals surface area (Å²) in [4.78, 5) is 18.8. The van der Waals surface area contributed by atoms with Crippen molar-refractivity contribution in [2.24, 2.45) is 0 Å². The van der Waals surface area contributed by atoms with Crippen molar-refractivity contribution in [1.29, 1.82) is 0 Å². The van der Waals surface area contributed by atoms with Crippen LogP contribution in [0, 0.1) is 6.92 Å². The molecule has 3 rings (SSSR count). The molecule has 0 saturated heterocycles. The Labute approximate surface area is 157 Å². The lowest BCUT2D eigenvalue weighted by Crippen LogP contribution is -2.32. The third-order valence-electron chi connectivity index (χ3n) is 3.85. The SMILES string of the molecule is COc1ccc(N(CC(=O)Nc2nc(C)cs2)Cc2ccccc2)cc1. The average Bonchev–Trinajstić information content (AvgIpc) is 3.06. The van der Waals surface area contributed by atoms with E-state index in [1.165, 1.54) is 11.3 Å². The number of hydrogen-bond donors (Lipinski definition) is 1. The van der Waals surface area contributed by atoms with Crippen LogP contribution in [0.4, 0.5) is 10.8 Å². The van der Waals surface area contributed by atoms with E-state index in [4.69, 9.17) is 4.74 Å². The molecule has 1 heterocycles. The van der Waals surface area contributed by atoms with E-state index in [-0.39, 0.29) is 12.5 Å². The summed E-state index contributed by atoms with van der Waals surface area (Å²) in [6.45, 7) is 2.78. The number of hydrogen-bond acceptors (Lipinski definition) is 5. The van der Waals surface area contributed by atoms with Gasteiger partial charge in [-0.05, 0) is 36.8 Å². The highest BCUT2D eigenvalue weighted by molar-refractivity contribution is 7.13. The minimum atomic E-state index is -0.0916. The molecule has 0 spiro atoms. The molecule has 3 aromatic rings. The molecular weight excluding hydrogens is 346 g/mol. The summed E-state index contributed by atoms with van der Waals surface area (Å²) in [5, 5.41) is 5.42. The van der Waals surface area contributed by atoms with Crippen molar-refractivity contribution >= 4 is 28.1 Å². The maximum Gasteiger partial charge on any atom is 0.245 e. The van der Waals surface area contributed by atoms with Crippen LogP contribution in [-0.4, -0.2) is 24.5 Å². The van der Waals surface area contributed by atoms with Crippen LogP contribution in [0.15, 0.2) is 60.0 Å². The third kappa shape index (κ3) is 4.83. The van der Waals surface area contributed by atoms with Gasteiger partial charge in [0.1, 0.15) is 5.75 Å². The molecule has 6 heteroatoms. The molecule has 1 aromatic heterocycles. The summed E-state index contributed by atoms with van der Waals surface area (Å²) >= 11 is 1.43. The molecule has 26 heavy (non-hydrogen) atoms. The lowest BCUT2D eigenvalue weighted by molar-refractivity contribution is -0.115. The van der Waals surface area contributed by atoms with Gasteiger partial charge in [-0.15, -0.1) is 11.3 Å². The number of ether oxygens (including phenoxy) is 1. The topological polar surface area (TPSA) is 54.5 Å². The highest BCUT2D eigenvalue weighted by atomic mass is 32.1. The average molecular weight is 367 g/mol. The van der Waals surface area contributed by atoms with Crippen molar-refractivity contribution in [1.82, 2.24) is 4.98 Å². The van der Waals surface area contributed by atoms with Gasteiger partial charge >= 0.3 is 0 Å². The molecule has 2 aromatic carbocycles. The van der Waals surface area contributed by atoms with Crippen LogP contribution in [-0.2, 0) is 11.3 Å². The Balaban J connectivity index is 1.76. The molecule has 0 bridgehead atoms. The van der Waals surface area contributed by atoms with Gasteiger partial charge in [0.2, 0.25) is 5.91 Å². The fourth-order valence-electron chi connectivity index (χ4n) is 2.58. The van der Waals surface area contributed by atoms with Gasteiger partial charge in [0, 0.05) is 17.6 Å². The molecule has 0 aliphatic rings. The van der Waals surface area contributed by atoms with Gasteiger partial charge in [-0.2, -0.15) is 0 Å². The van der Waals surface area contributed by atoms with E-state index in [1.807, 2.05) is 59.7 Å². The van der Waals surface area contributed by atoms with Gasteiger partial charge in [0.05, 0.1) is 19.3 Å². The number of thiazole rings is 1. The highest BCUT2D eigenvalue weighted by Gasteiger charge is 2.14. The fourth-order valence-corrected chi connectivity index (χ4v) is 3.28. The van der Waals surface area contributed by atoms with Gasteiger partial charge in [0.15, 0.2) is 5.13 Å². The molecular formula is C20H21N3O2S. The summed E-state index contributed by atoms with van der Waals surface area (Å²) < 4.78 is 5.22. The van der Waals surface area contributed by atoms with Crippen LogP contribution < -0.4 is 15.0 Å². The Kier molecular flexibility index (Phi) is 5.86. The summed E-state index contributed by atoms with van der Waals surface area (Å²) in [6, 6.07) is 17.8. The predicted octanol–water partition coefficient (Wildman–Crippen LogP) is 4.11. The second-order valence-electron chi connectivity index (χ2n) is 5.88. The van der Waals surface area contributed by atoms with E-state index in [9.17, 15) is 4.79 Å². The molecule has 0 fully saturated rings. The van der Waals surface area contributed by atoms with Crippen LogP contribution in [0.5, 0.6) is 5.75 Å². The van der Waals surface area contributed by atoms with E-state index in [0.717, 1.165) is 22.7 Å². The Morgan fingerprint density at radius 3 is 2.50 bits per heavy atom. The van der Waals surface area contributed by atoms with Gasteiger partial charge in [-0.1, -0.05) is 30.3 Å².